The fraction of sp³-hybridized carbons (Fsp3) is 0.370. The van der Waals surface area contributed by atoms with E-state index in [2.05, 4.69) is 17.3 Å². The summed E-state index contributed by atoms with van der Waals surface area (Å²) in [4.78, 5) is 15.1. The average Bonchev–Trinajstić information content (AvgIpc) is 3.33. The number of likely N-dealkylation sites (tertiary alicyclic amines) is 1. The van der Waals surface area contributed by atoms with Crippen molar-refractivity contribution in [1.82, 2.24) is 10.2 Å². The summed E-state index contributed by atoms with van der Waals surface area (Å²) in [6, 6.07) is 8.63. The second kappa shape index (κ2) is 9.89. The van der Waals surface area contributed by atoms with Crippen molar-refractivity contribution in [3.8, 4) is 17.2 Å². The third-order valence-corrected chi connectivity index (χ3v) is 6.55. The third kappa shape index (κ3) is 4.66. The highest BCUT2D eigenvalue weighted by atomic mass is 19.1. The van der Waals surface area contributed by atoms with E-state index in [1.54, 1.807) is 27.4 Å². The lowest BCUT2D eigenvalue weighted by Crippen LogP contribution is -2.36. The molecule has 2 aromatic carbocycles. The number of carbonyl (C=O) groups is 1. The molecule has 4 rings (SSSR count). The minimum Gasteiger partial charge on any atom is -0.493 e. The van der Waals surface area contributed by atoms with Crippen molar-refractivity contribution in [2.75, 3.05) is 41.5 Å². The van der Waals surface area contributed by atoms with Crippen LogP contribution >= 0.6 is 0 Å². The first-order valence-corrected chi connectivity index (χ1v) is 11.3. The zero-order chi connectivity index (χ0) is 24.4. The molecule has 34 heavy (non-hydrogen) atoms. The molecule has 1 N–H and O–H groups in total. The van der Waals surface area contributed by atoms with Crippen LogP contribution in [0.15, 0.2) is 35.9 Å². The number of carbonyl (C=O) groups excluding carboxylic acids is 1. The summed E-state index contributed by atoms with van der Waals surface area (Å²) in [7, 11) is 6.76. The lowest BCUT2D eigenvalue weighted by Gasteiger charge is -2.14. The Morgan fingerprint density at radius 2 is 1.82 bits per heavy atom. The number of hydrogen-bond acceptors (Lipinski definition) is 5. The van der Waals surface area contributed by atoms with E-state index >= 15 is 0 Å². The van der Waals surface area contributed by atoms with Gasteiger partial charge in [-0.05, 0) is 90.7 Å². The van der Waals surface area contributed by atoms with E-state index in [-0.39, 0.29) is 24.2 Å². The number of allylic oxidation sites excluding steroid dienone is 2. The molecule has 1 amide bonds. The first-order chi connectivity index (χ1) is 16.3. The van der Waals surface area contributed by atoms with Gasteiger partial charge in [-0.25, -0.2) is 4.39 Å². The molecule has 0 bridgehead atoms. The van der Waals surface area contributed by atoms with Gasteiger partial charge in [0.05, 0.1) is 27.8 Å². The molecule has 7 heteroatoms. The molecule has 180 valence electrons. The van der Waals surface area contributed by atoms with Crippen LogP contribution in [-0.4, -0.2) is 58.3 Å². The fourth-order valence-electron chi connectivity index (χ4n) is 4.82. The zero-order valence-electron chi connectivity index (χ0n) is 20.3. The summed E-state index contributed by atoms with van der Waals surface area (Å²) in [6.07, 6.45) is 3.15. The van der Waals surface area contributed by atoms with Crippen LogP contribution in [0.25, 0.3) is 17.2 Å². The molecule has 2 aliphatic rings. The molecule has 0 saturated carbocycles. The molecular weight excluding hydrogens is 435 g/mol. The highest BCUT2D eigenvalue weighted by molar-refractivity contribution is 6.08. The fourth-order valence-corrected chi connectivity index (χ4v) is 4.82. The minimum absolute atomic E-state index is 0.0427. The Morgan fingerprint density at radius 1 is 1.12 bits per heavy atom. The van der Waals surface area contributed by atoms with Crippen LogP contribution < -0.4 is 19.5 Å². The van der Waals surface area contributed by atoms with Crippen LogP contribution in [0.3, 0.4) is 0 Å². The molecule has 1 atom stereocenters. The summed E-state index contributed by atoms with van der Waals surface area (Å²) < 4.78 is 30.6. The van der Waals surface area contributed by atoms with Crippen LogP contribution in [0, 0.1) is 5.82 Å². The van der Waals surface area contributed by atoms with Crippen LogP contribution in [-0.2, 0) is 4.79 Å². The summed E-state index contributed by atoms with van der Waals surface area (Å²) in [6.45, 7) is 3.80. The molecule has 1 aliphatic heterocycles. The van der Waals surface area contributed by atoms with Gasteiger partial charge < -0.3 is 24.4 Å². The SMILES string of the molecule is COc1cc(C=C2C(C)=C(CC(=O)NC3CCN(C)C3)c3cc(F)ccc32)cc(OC)c1OC. The molecule has 1 saturated heterocycles. The maximum atomic E-state index is 14.2. The van der Waals surface area contributed by atoms with E-state index in [4.69, 9.17) is 14.2 Å². The summed E-state index contributed by atoms with van der Waals surface area (Å²) >= 11 is 0. The predicted molar refractivity (Wildman–Crippen MR) is 132 cm³/mol. The van der Waals surface area contributed by atoms with Crippen LogP contribution in [0.2, 0.25) is 0 Å². The largest absolute Gasteiger partial charge is 0.493 e. The Balaban J connectivity index is 1.71. The number of methoxy groups -OCH3 is 3. The molecule has 1 aliphatic carbocycles. The molecule has 0 aromatic heterocycles. The van der Waals surface area contributed by atoms with E-state index in [9.17, 15) is 9.18 Å². The van der Waals surface area contributed by atoms with Gasteiger partial charge in [0.2, 0.25) is 11.7 Å². The van der Waals surface area contributed by atoms with Crippen LogP contribution in [0.1, 0.15) is 36.5 Å². The predicted octanol–water partition coefficient (Wildman–Crippen LogP) is 4.39. The molecule has 0 spiro atoms. The number of ether oxygens (including phenoxy) is 3. The number of amides is 1. The topological polar surface area (TPSA) is 60.0 Å². The summed E-state index contributed by atoms with van der Waals surface area (Å²) in [5, 5.41) is 3.13. The van der Waals surface area contributed by atoms with Crippen molar-refractivity contribution in [2.45, 2.75) is 25.8 Å². The second-order valence-electron chi connectivity index (χ2n) is 8.80. The monoisotopic (exact) mass is 466 g/mol. The molecule has 0 radical (unpaired) electrons. The van der Waals surface area contributed by atoms with Crippen molar-refractivity contribution in [3.63, 3.8) is 0 Å². The molecule has 1 heterocycles. The van der Waals surface area contributed by atoms with E-state index in [0.29, 0.717) is 17.2 Å². The first kappa shape index (κ1) is 23.8. The number of nitrogens with one attached hydrogen (secondary N) is 1. The van der Waals surface area contributed by atoms with E-state index in [1.165, 1.54) is 12.1 Å². The normalized spacial score (nSPS) is 18.9. The highest BCUT2D eigenvalue weighted by Crippen LogP contribution is 2.45. The number of halogens is 1. The van der Waals surface area contributed by atoms with Crippen molar-refractivity contribution in [3.05, 3.63) is 58.4 Å². The van der Waals surface area contributed by atoms with Crippen molar-refractivity contribution < 1.29 is 23.4 Å². The Kier molecular flexibility index (Phi) is 6.93. The number of hydrogen-bond donors (Lipinski definition) is 1. The molecule has 1 unspecified atom stereocenters. The minimum atomic E-state index is -0.323. The number of rotatable bonds is 7. The quantitative estimate of drug-likeness (QED) is 0.656. The Morgan fingerprint density at radius 3 is 2.41 bits per heavy atom. The van der Waals surface area contributed by atoms with Crippen LogP contribution in [0.5, 0.6) is 17.2 Å². The number of benzene rings is 2. The molecule has 6 nitrogen and oxygen atoms in total. The third-order valence-electron chi connectivity index (χ3n) is 6.55. The van der Waals surface area contributed by atoms with Gasteiger partial charge >= 0.3 is 0 Å². The second-order valence-corrected chi connectivity index (χ2v) is 8.80. The van der Waals surface area contributed by atoms with Gasteiger partial charge in [0, 0.05) is 12.6 Å². The number of nitrogens with zero attached hydrogens (tertiary/aromatic N) is 1. The Labute approximate surface area is 200 Å². The molecular formula is C27H31FN2O4. The number of likely N-dealkylation sites (N-methyl/N-ethyl adjacent to an activating group) is 1. The molecule has 2 aromatic rings. The van der Waals surface area contributed by atoms with E-state index in [0.717, 1.165) is 52.9 Å². The van der Waals surface area contributed by atoms with Gasteiger partial charge in [0.1, 0.15) is 5.82 Å². The zero-order valence-corrected chi connectivity index (χ0v) is 20.3. The van der Waals surface area contributed by atoms with E-state index in [1.807, 2.05) is 25.1 Å². The van der Waals surface area contributed by atoms with Crippen molar-refractivity contribution in [1.29, 1.82) is 0 Å². The van der Waals surface area contributed by atoms with Crippen molar-refractivity contribution in [2.24, 2.45) is 0 Å². The van der Waals surface area contributed by atoms with Gasteiger partial charge in [0.15, 0.2) is 11.5 Å². The first-order valence-electron chi connectivity index (χ1n) is 11.3. The Hall–Kier alpha value is -3.32. The van der Waals surface area contributed by atoms with Gasteiger partial charge in [-0.3, -0.25) is 4.79 Å². The van der Waals surface area contributed by atoms with Gasteiger partial charge in [-0.1, -0.05) is 6.07 Å². The maximum absolute atomic E-state index is 14.2. The standard InChI is InChI=1S/C27H31FN2O4/c1-16-21(10-17-11-24(32-3)27(34-5)25(12-17)33-4)20-7-6-18(28)13-23(20)22(16)14-26(31)29-19-8-9-30(2)15-19/h6-7,10-13,19H,8-9,14-15H2,1-5H3,(H,29,31). The average molecular weight is 467 g/mol. The lowest BCUT2D eigenvalue weighted by molar-refractivity contribution is -0.120. The lowest BCUT2D eigenvalue weighted by atomic mass is 10.00. The van der Waals surface area contributed by atoms with Gasteiger partial charge in [0.25, 0.3) is 0 Å². The van der Waals surface area contributed by atoms with Gasteiger partial charge in [-0.15, -0.1) is 0 Å². The Bertz CT molecular complexity index is 1150. The number of fused-ring (bicyclic) bond motifs is 1. The van der Waals surface area contributed by atoms with Gasteiger partial charge in [-0.2, -0.15) is 0 Å². The summed E-state index contributed by atoms with van der Waals surface area (Å²) in [5.74, 6) is 1.25. The highest BCUT2D eigenvalue weighted by Gasteiger charge is 2.28. The smallest absolute Gasteiger partial charge is 0.224 e. The molecule has 1 fully saturated rings. The van der Waals surface area contributed by atoms with Crippen molar-refractivity contribution >= 4 is 23.1 Å². The van der Waals surface area contributed by atoms with Crippen LogP contribution in [0.4, 0.5) is 4.39 Å². The summed E-state index contributed by atoms with van der Waals surface area (Å²) in [5.41, 5.74) is 5.24. The van der Waals surface area contributed by atoms with E-state index < -0.39 is 0 Å². The maximum Gasteiger partial charge on any atom is 0.224 e.